The van der Waals surface area contributed by atoms with Crippen molar-refractivity contribution in [2.75, 3.05) is 17.6 Å². The van der Waals surface area contributed by atoms with E-state index in [9.17, 15) is 0 Å². The molecule has 0 aromatic carbocycles. The second-order valence-corrected chi connectivity index (χ2v) is 4.88. The third-order valence-corrected chi connectivity index (χ3v) is 3.09. The predicted octanol–water partition coefficient (Wildman–Crippen LogP) is 1.46. The van der Waals surface area contributed by atoms with Gasteiger partial charge >= 0.3 is 0 Å². The topological polar surface area (TPSA) is 55.9 Å². The molecule has 1 unspecified atom stereocenters. The lowest BCUT2D eigenvalue weighted by molar-refractivity contribution is 0.572. The Hall–Kier alpha value is -1.19. The number of hydrogen-bond donors (Lipinski definition) is 2. The summed E-state index contributed by atoms with van der Waals surface area (Å²) in [4.78, 5) is 0. The Morgan fingerprint density at radius 3 is 2.79 bits per heavy atom. The van der Waals surface area contributed by atoms with Crippen molar-refractivity contribution in [2.45, 2.75) is 20.3 Å². The van der Waals surface area contributed by atoms with Crippen molar-refractivity contribution in [2.24, 2.45) is 18.4 Å². The van der Waals surface area contributed by atoms with E-state index in [2.05, 4.69) is 24.3 Å². The first-order chi connectivity index (χ1) is 6.49. The van der Waals surface area contributed by atoms with Crippen LogP contribution in [0.5, 0.6) is 0 Å². The molecule has 1 atom stereocenters. The summed E-state index contributed by atoms with van der Waals surface area (Å²) in [5.74, 6) is 1.58. The van der Waals surface area contributed by atoms with Crippen LogP contribution in [0.1, 0.15) is 20.3 Å². The highest BCUT2D eigenvalue weighted by Crippen LogP contribution is 2.51. The van der Waals surface area contributed by atoms with Gasteiger partial charge in [-0.05, 0) is 17.8 Å². The van der Waals surface area contributed by atoms with Crippen LogP contribution in [0.15, 0.2) is 6.20 Å². The molecule has 0 bridgehead atoms. The van der Waals surface area contributed by atoms with Crippen LogP contribution in [0.3, 0.4) is 0 Å². The lowest BCUT2D eigenvalue weighted by Crippen LogP contribution is -2.09. The molecular weight excluding hydrogens is 176 g/mol. The zero-order valence-electron chi connectivity index (χ0n) is 9.04. The summed E-state index contributed by atoms with van der Waals surface area (Å²) < 4.78 is 1.73. The van der Waals surface area contributed by atoms with Crippen molar-refractivity contribution >= 4 is 11.5 Å². The molecule has 4 heteroatoms. The largest absolute Gasteiger partial charge is 0.394 e. The van der Waals surface area contributed by atoms with Gasteiger partial charge in [0.05, 0.1) is 5.69 Å². The summed E-state index contributed by atoms with van der Waals surface area (Å²) in [6.45, 7) is 5.57. The van der Waals surface area contributed by atoms with E-state index in [-0.39, 0.29) is 0 Å². The van der Waals surface area contributed by atoms with Gasteiger partial charge in [-0.1, -0.05) is 13.8 Å². The van der Waals surface area contributed by atoms with Crippen LogP contribution in [0.2, 0.25) is 0 Å². The molecule has 1 aliphatic carbocycles. The SMILES string of the molecule is Cn1cc(N)c(NCC2CC2(C)C)n1. The monoisotopic (exact) mass is 194 g/mol. The Labute approximate surface area is 84.5 Å². The van der Waals surface area contributed by atoms with Gasteiger partial charge in [-0.3, -0.25) is 4.68 Å². The van der Waals surface area contributed by atoms with Gasteiger partial charge in [0.15, 0.2) is 5.82 Å². The van der Waals surface area contributed by atoms with E-state index in [4.69, 9.17) is 5.73 Å². The normalized spacial score (nSPS) is 23.5. The van der Waals surface area contributed by atoms with Gasteiger partial charge in [-0.15, -0.1) is 0 Å². The third-order valence-electron chi connectivity index (χ3n) is 3.09. The molecule has 2 rings (SSSR count). The maximum atomic E-state index is 5.77. The summed E-state index contributed by atoms with van der Waals surface area (Å²) >= 11 is 0. The van der Waals surface area contributed by atoms with Crippen molar-refractivity contribution in [1.82, 2.24) is 9.78 Å². The summed E-state index contributed by atoms with van der Waals surface area (Å²) in [7, 11) is 1.88. The van der Waals surface area contributed by atoms with Crippen LogP contribution in [-0.2, 0) is 7.05 Å². The van der Waals surface area contributed by atoms with Crippen molar-refractivity contribution in [1.29, 1.82) is 0 Å². The molecule has 78 valence electrons. The second-order valence-electron chi connectivity index (χ2n) is 4.88. The molecule has 0 spiro atoms. The zero-order valence-corrected chi connectivity index (χ0v) is 9.04. The summed E-state index contributed by atoms with van der Waals surface area (Å²) in [6, 6.07) is 0. The molecular formula is C10H18N4. The Bertz CT molecular complexity index is 340. The van der Waals surface area contributed by atoms with Gasteiger partial charge in [0.1, 0.15) is 0 Å². The number of aromatic nitrogens is 2. The Kier molecular flexibility index (Phi) is 1.94. The second kappa shape index (κ2) is 2.90. The average Bonchev–Trinajstić information content (AvgIpc) is 2.53. The molecule has 14 heavy (non-hydrogen) atoms. The summed E-state index contributed by atoms with van der Waals surface area (Å²) in [5.41, 5.74) is 7.01. The van der Waals surface area contributed by atoms with Crippen LogP contribution >= 0.6 is 0 Å². The van der Waals surface area contributed by atoms with E-state index in [1.54, 1.807) is 4.68 Å². The number of aryl methyl sites for hydroxylation is 1. The quantitative estimate of drug-likeness (QED) is 0.766. The number of nitrogens with one attached hydrogen (secondary N) is 1. The zero-order chi connectivity index (χ0) is 10.3. The first kappa shape index (κ1) is 9.37. The number of hydrogen-bond acceptors (Lipinski definition) is 3. The van der Waals surface area contributed by atoms with Gasteiger partial charge in [0.2, 0.25) is 0 Å². The average molecular weight is 194 g/mol. The molecule has 1 aromatic rings. The van der Waals surface area contributed by atoms with Gasteiger partial charge in [0, 0.05) is 19.8 Å². The molecule has 1 saturated carbocycles. The van der Waals surface area contributed by atoms with Crippen LogP contribution in [-0.4, -0.2) is 16.3 Å². The molecule has 1 aromatic heterocycles. The van der Waals surface area contributed by atoms with Crippen LogP contribution in [0, 0.1) is 11.3 Å². The van der Waals surface area contributed by atoms with Gasteiger partial charge < -0.3 is 11.1 Å². The third kappa shape index (κ3) is 1.69. The van der Waals surface area contributed by atoms with Crippen LogP contribution < -0.4 is 11.1 Å². The number of rotatable bonds is 3. The highest BCUT2D eigenvalue weighted by molar-refractivity contribution is 5.59. The summed E-state index contributed by atoms with van der Waals surface area (Å²) in [5, 5.41) is 7.53. The first-order valence-electron chi connectivity index (χ1n) is 5.02. The smallest absolute Gasteiger partial charge is 0.171 e. The van der Waals surface area contributed by atoms with Crippen molar-refractivity contribution in [3.8, 4) is 0 Å². The number of nitrogens with two attached hydrogens (primary N) is 1. The standard InChI is InChI=1S/C10H18N4/c1-10(2)4-7(10)5-12-9-8(11)6-14(3)13-9/h6-7H,4-5,11H2,1-3H3,(H,12,13). The van der Waals surface area contributed by atoms with E-state index in [1.165, 1.54) is 6.42 Å². The molecule has 0 radical (unpaired) electrons. The number of nitrogen functional groups attached to an aromatic ring is 1. The van der Waals surface area contributed by atoms with E-state index >= 15 is 0 Å². The Balaban J connectivity index is 1.90. The Morgan fingerprint density at radius 2 is 2.36 bits per heavy atom. The molecule has 1 fully saturated rings. The molecule has 0 amide bonds. The van der Waals surface area contributed by atoms with Crippen LogP contribution in [0.25, 0.3) is 0 Å². The number of anilines is 2. The van der Waals surface area contributed by atoms with E-state index in [0.29, 0.717) is 5.41 Å². The Morgan fingerprint density at radius 1 is 1.71 bits per heavy atom. The van der Waals surface area contributed by atoms with E-state index in [0.717, 1.165) is 24.0 Å². The van der Waals surface area contributed by atoms with Crippen molar-refractivity contribution < 1.29 is 0 Å². The molecule has 1 heterocycles. The minimum atomic E-state index is 0.510. The van der Waals surface area contributed by atoms with E-state index < -0.39 is 0 Å². The molecule has 0 aliphatic heterocycles. The van der Waals surface area contributed by atoms with Crippen molar-refractivity contribution in [3.63, 3.8) is 0 Å². The van der Waals surface area contributed by atoms with Gasteiger partial charge in [0.25, 0.3) is 0 Å². The first-order valence-corrected chi connectivity index (χ1v) is 5.02. The fourth-order valence-corrected chi connectivity index (χ4v) is 1.79. The highest BCUT2D eigenvalue weighted by Gasteiger charge is 2.45. The predicted molar refractivity (Wildman–Crippen MR) is 58.0 cm³/mol. The maximum absolute atomic E-state index is 5.77. The molecule has 1 aliphatic rings. The minimum absolute atomic E-state index is 0.510. The molecule has 4 nitrogen and oxygen atoms in total. The number of nitrogens with zero attached hydrogens (tertiary/aromatic N) is 2. The van der Waals surface area contributed by atoms with E-state index in [1.807, 2.05) is 13.2 Å². The lowest BCUT2D eigenvalue weighted by atomic mass is 10.1. The van der Waals surface area contributed by atoms with Crippen LogP contribution in [0.4, 0.5) is 11.5 Å². The lowest BCUT2D eigenvalue weighted by Gasteiger charge is -2.05. The summed E-state index contributed by atoms with van der Waals surface area (Å²) in [6.07, 6.45) is 3.12. The van der Waals surface area contributed by atoms with Gasteiger partial charge in [-0.25, -0.2) is 0 Å². The fraction of sp³-hybridized carbons (Fsp3) is 0.700. The maximum Gasteiger partial charge on any atom is 0.171 e. The van der Waals surface area contributed by atoms with Gasteiger partial charge in [-0.2, -0.15) is 5.10 Å². The van der Waals surface area contributed by atoms with Crippen molar-refractivity contribution in [3.05, 3.63) is 6.20 Å². The molecule has 0 saturated heterocycles. The highest BCUT2D eigenvalue weighted by atomic mass is 15.3. The molecule has 3 N–H and O–H groups in total. The minimum Gasteiger partial charge on any atom is -0.394 e. The fourth-order valence-electron chi connectivity index (χ4n) is 1.79.